The molecular formula is C70H44N6. The Morgan fingerprint density at radius 2 is 0.684 bits per heavy atom. The highest BCUT2D eigenvalue weighted by Gasteiger charge is 2.27. The van der Waals surface area contributed by atoms with Crippen molar-refractivity contribution in [1.29, 1.82) is 0 Å². The Morgan fingerprint density at radius 3 is 1.33 bits per heavy atom. The summed E-state index contributed by atoms with van der Waals surface area (Å²) in [5, 5.41) is 9.50. The maximum absolute atomic E-state index is 5.53. The molecular weight excluding hydrogens is 925 g/mol. The van der Waals surface area contributed by atoms with Gasteiger partial charge in [-0.3, -0.25) is 0 Å². The molecule has 0 unspecified atom stereocenters. The van der Waals surface area contributed by atoms with Gasteiger partial charge in [0.25, 0.3) is 0 Å². The minimum Gasteiger partial charge on any atom is -0.309 e. The average Bonchev–Trinajstić information content (AvgIpc) is 4.34. The van der Waals surface area contributed by atoms with Gasteiger partial charge < -0.3 is 18.3 Å². The predicted octanol–water partition coefficient (Wildman–Crippen LogP) is 17.9. The summed E-state index contributed by atoms with van der Waals surface area (Å²) >= 11 is 0. The number of benzene rings is 11. The highest BCUT2D eigenvalue weighted by atomic mass is 15.0. The monoisotopic (exact) mass is 968 g/mol. The van der Waals surface area contributed by atoms with Crippen molar-refractivity contribution in [2.24, 2.45) is 0 Å². The number of rotatable bonds is 7. The fourth-order valence-corrected chi connectivity index (χ4v) is 12.4. The van der Waals surface area contributed by atoms with E-state index in [2.05, 4.69) is 279 Å². The van der Waals surface area contributed by atoms with E-state index in [0.717, 1.165) is 105 Å². The maximum atomic E-state index is 5.53. The molecule has 0 amide bonds. The molecule has 0 aliphatic rings. The molecule has 6 nitrogen and oxygen atoms in total. The van der Waals surface area contributed by atoms with E-state index < -0.39 is 0 Å². The van der Waals surface area contributed by atoms with Crippen LogP contribution < -0.4 is 0 Å². The van der Waals surface area contributed by atoms with E-state index >= 15 is 0 Å². The van der Waals surface area contributed by atoms with E-state index in [1.54, 1.807) is 0 Å². The van der Waals surface area contributed by atoms with Gasteiger partial charge in [-0.15, -0.1) is 0 Å². The zero-order valence-electron chi connectivity index (χ0n) is 41.1. The van der Waals surface area contributed by atoms with Crippen LogP contribution in [0.1, 0.15) is 0 Å². The Balaban J connectivity index is 1.06. The van der Waals surface area contributed by atoms with Crippen molar-refractivity contribution < 1.29 is 0 Å². The molecule has 0 N–H and O–H groups in total. The molecule has 0 aliphatic heterocycles. The summed E-state index contributed by atoms with van der Waals surface area (Å²) < 4.78 is 9.88. The van der Waals surface area contributed by atoms with Crippen LogP contribution in [0.5, 0.6) is 0 Å². The molecule has 0 saturated heterocycles. The molecule has 6 heteroatoms. The summed E-state index contributed by atoms with van der Waals surface area (Å²) in [6.07, 6.45) is 0. The second-order valence-corrected chi connectivity index (χ2v) is 19.7. The number of hydrogen-bond donors (Lipinski definition) is 0. The van der Waals surface area contributed by atoms with Crippen molar-refractivity contribution in [3.63, 3.8) is 0 Å². The molecule has 0 bridgehead atoms. The molecule has 16 rings (SSSR count). The lowest BCUT2D eigenvalue weighted by Crippen LogP contribution is -1.98. The van der Waals surface area contributed by atoms with Gasteiger partial charge in [0.15, 0.2) is 5.82 Å². The van der Waals surface area contributed by atoms with E-state index in [1.165, 1.54) is 32.6 Å². The number of fused-ring (bicyclic) bond motifs is 14. The average molecular weight is 969 g/mol. The van der Waals surface area contributed by atoms with Crippen LogP contribution in [-0.2, 0) is 0 Å². The molecule has 5 aromatic heterocycles. The Hall–Kier alpha value is -10.3. The number of para-hydroxylation sites is 6. The van der Waals surface area contributed by atoms with Crippen molar-refractivity contribution in [3.05, 3.63) is 267 Å². The SMILES string of the molecule is c1ccc(-c2cc(-c3cc4c(c5cc(-n6c7ccccc7c7c6ccc6c8ccccc8n(-c8ccccc8)c67)ccc5n4-c4ccccc4)c4c3c3ccccc3n4-c3ccccc3)nc(-c3ccccc3)n2)cc1. The topological polar surface area (TPSA) is 45.5 Å². The predicted molar refractivity (Wildman–Crippen MR) is 316 cm³/mol. The lowest BCUT2D eigenvalue weighted by molar-refractivity contribution is 1.16. The third kappa shape index (κ3) is 6.22. The van der Waals surface area contributed by atoms with Crippen molar-refractivity contribution in [3.8, 4) is 56.7 Å². The van der Waals surface area contributed by atoms with E-state index in [0.29, 0.717) is 5.82 Å². The maximum Gasteiger partial charge on any atom is 0.160 e. The van der Waals surface area contributed by atoms with E-state index in [1.807, 2.05) is 6.07 Å². The zero-order valence-corrected chi connectivity index (χ0v) is 41.1. The molecule has 0 saturated carbocycles. The smallest absolute Gasteiger partial charge is 0.160 e. The molecule has 0 fully saturated rings. The lowest BCUT2D eigenvalue weighted by atomic mass is 9.98. The Labute approximate surface area is 436 Å². The Bertz CT molecular complexity index is 4890. The number of hydrogen-bond acceptors (Lipinski definition) is 2. The molecule has 0 atom stereocenters. The van der Waals surface area contributed by atoms with Crippen LogP contribution in [0.25, 0.3) is 144 Å². The number of nitrogens with zero attached hydrogens (tertiary/aromatic N) is 6. The van der Waals surface area contributed by atoms with Gasteiger partial charge in [-0.25, -0.2) is 9.97 Å². The first kappa shape index (κ1) is 42.2. The second kappa shape index (κ2) is 16.6. The lowest BCUT2D eigenvalue weighted by Gasteiger charge is -2.14. The fraction of sp³-hybridized carbons (Fsp3) is 0. The molecule has 0 spiro atoms. The summed E-state index contributed by atoms with van der Waals surface area (Å²) in [5.74, 6) is 0.679. The molecule has 0 aliphatic carbocycles. The normalized spacial score (nSPS) is 11.9. The first-order chi connectivity index (χ1) is 37.7. The van der Waals surface area contributed by atoms with Crippen LogP contribution in [-0.4, -0.2) is 28.2 Å². The van der Waals surface area contributed by atoms with E-state index in [4.69, 9.17) is 9.97 Å². The highest BCUT2D eigenvalue weighted by molar-refractivity contribution is 6.31. The first-order valence-corrected chi connectivity index (χ1v) is 25.9. The van der Waals surface area contributed by atoms with Gasteiger partial charge in [0.2, 0.25) is 0 Å². The van der Waals surface area contributed by atoms with E-state index in [9.17, 15) is 0 Å². The number of aromatic nitrogens is 6. The Kier molecular flexibility index (Phi) is 9.23. The van der Waals surface area contributed by atoms with Crippen LogP contribution in [0.2, 0.25) is 0 Å². The van der Waals surface area contributed by atoms with E-state index in [-0.39, 0.29) is 0 Å². The van der Waals surface area contributed by atoms with Crippen molar-refractivity contribution in [2.45, 2.75) is 0 Å². The van der Waals surface area contributed by atoms with Crippen LogP contribution in [0.3, 0.4) is 0 Å². The van der Waals surface area contributed by atoms with Crippen LogP contribution >= 0.6 is 0 Å². The minimum absolute atomic E-state index is 0.679. The largest absolute Gasteiger partial charge is 0.309 e. The molecule has 354 valence electrons. The molecule has 76 heavy (non-hydrogen) atoms. The van der Waals surface area contributed by atoms with Gasteiger partial charge >= 0.3 is 0 Å². The van der Waals surface area contributed by atoms with Gasteiger partial charge in [0.1, 0.15) is 0 Å². The highest BCUT2D eigenvalue weighted by Crippen LogP contribution is 2.48. The van der Waals surface area contributed by atoms with Crippen LogP contribution in [0, 0.1) is 0 Å². The summed E-state index contributed by atoms with van der Waals surface area (Å²) in [6.45, 7) is 0. The quantitative estimate of drug-likeness (QED) is 0.160. The molecule has 16 aromatic rings. The minimum atomic E-state index is 0.679. The summed E-state index contributed by atoms with van der Waals surface area (Å²) in [5.41, 5.74) is 18.3. The fourth-order valence-electron chi connectivity index (χ4n) is 12.4. The third-order valence-electron chi connectivity index (χ3n) is 15.5. The van der Waals surface area contributed by atoms with Gasteiger partial charge in [0, 0.05) is 82.5 Å². The van der Waals surface area contributed by atoms with Crippen molar-refractivity contribution in [2.75, 3.05) is 0 Å². The van der Waals surface area contributed by atoms with Crippen LogP contribution in [0.15, 0.2) is 267 Å². The molecule has 5 heterocycles. The van der Waals surface area contributed by atoms with Crippen molar-refractivity contribution in [1.82, 2.24) is 28.2 Å². The van der Waals surface area contributed by atoms with Gasteiger partial charge in [-0.2, -0.15) is 0 Å². The van der Waals surface area contributed by atoms with Gasteiger partial charge in [0.05, 0.1) is 55.5 Å². The van der Waals surface area contributed by atoms with Gasteiger partial charge in [-0.05, 0) is 91.0 Å². The Morgan fingerprint density at radius 1 is 0.237 bits per heavy atom. The van der Waals surface area contributed by atoms with Crippen LogP contribution in [0.4, 0.5) is 0 Å². The zero-order chi connectivity index (χ0) is 49.8. The van der Waals surface area contributed by atoms with Gasteiger partial charge in [-0.1, -0.05) is 176 Å². The third-order valence-corrected chi connectivity index (χ3v) is 15.5. The van der Waals surface area contributed by atoms with Crippen molar-refractivity contribution >= 4 is 87.2 Å². The first-order valence-electron chi connectivity index (χ1n) is 25.9. The summed E-state index contributed by atoms with van der Waals surface area (Å²) in [7, 11) is 0. The molecule has 11 aromatic carbocycles. The second-order valence-electron chi connectivity index (χ2n) is 19.7. The summed E-state index contributed by atoms with van der Waals surface area (Å²) in [4.78, 5) is 10.8. The summed E-state index contributed by atoms with van der Waals surface area (Å²) in [6, 6.07) is 96.2. The standard InChI is InChI=1S/C70H44N6/c1-6-22-45(23-7-1)57-44-58(72-70(71-57)46-24-8-2-9-25-46)55-43-64-67(69-65(55)53-33-17-21-37-61(53)76(69)49-30-14-5-15-31-49)56-42-50(38-40-62(56)73(64)47-26-10-3-11-27-47)74-60-36-20-18-34-54(60)66-63(74)41-39-52-51-32-16-19-35-59(51)75(68(52)66)48-28-12-4-13-29-48/h1-44H. The molecule has 0 radical (unpaired) electrons.